The number of guanidine groups is 1. The van der Waals surface area contributed by atoms with Crippen LogP contribution in [0.2, 0.25) is 0 Å². The Labute approximate surface area is 177 Å². The molecule has 0 spiro atoms. The van der Waals surface area contributed by atoms with Crippen molar-refractivity contribution in [2.24, 2.45) is 4.99 Å². The largest absolute Gasteiger partial charge is 0.356 e. The lowest BCUT2D eigenvalue weighted by atomic mass is 10.4. The third-order valence-corrected chi connectivity index (χ3v) is 6.14. The fourth-order valence-electron chi connectivity index (χ4n) is 2.13. The first-order valence-corrected chi connectivity index (χ1v) is 10.7. The third kappa shape index (κ3) is 7.96. The van der Waals surface area contributed by atoms with Gasteiger partial charge in [0.05, 0.1) is 10.6 Å². The number of rotatable bonds is 8. The highest BCUT2D eigenvalue weighted by Gasteiger charge is 2.13. The van der Waals surface area contributed by atoms with E-state index in [1.807, 2.05) is 18.2 Å². The number of hydrogen-bond donors (Lipinski definition) is 2. The van der Waals surface area contributed by atoms with E-state index < -0.39 is 9.84 Å². The summed E-state index contributed by atoms with van der Waals surface area (Å²) in [6, 6.07) is 18.7. The topological polar surface area (TPSA) is 70.6 Å². The molecule has 0 fully saturated rings. The van der Waals surface area contributed by atoms with Crippen molar-refractivity contribution in [2.45, 2.75) is 9.79 Å². The number of nitrogens with zero attached hydrogens (tertiary/aromatic N) is 1. The van der Waals surface area contributed by atoms with Crippen LogP contribution in [0, 0.1) is 0 Å². The quantitative estimate of drug-likeness (QED) is 0.190. The Kier molecular flexibility index (Phi) is 10.7. The molecule has 0 aliphatic rings. The number of nitrogens with one attached hydrogen (secondary N) is 2. The second-order valence-electron chi connectivity index (χ2n) is 5.22. The minimum absolute atomic E-state index is 0. The van der Waals surface area contributed by atoms with E-state index in [1.54, 1.807) is 49.1 Å². The summed E-state index contributed by atoms with van der Waals surface area (Å²) in [5, 5.41) is 6.23. The summed E-state index contributed by atoms with van der Waals surface area (Å²) in [4.78, 5) is 5.68. The molecule has 0 radical (unpaired) electrons. The maximum absolute atomic E-state index is 12.2. The monoisotopic (exact) mass is 505 g/mol. The zero-order valence-corrected chi connectivity index (χ0v) is 18.6. The molecule has 142 valence electrons. The summed E-state index contributed by atoms with van der Waals surface area (Å²) >= 11 is 1.76. The van der Waals surface area contributed by atoms with Gasteiger partial charge >= 0.3 is 0 Å². The van der Waals surface area contributed by atoms with Gasteiger partial charge < -0.3 is 10.6 Å². The summed E-state index contributed by atoms with van der Waals surface area (Å²) in [6.45, 7) is 1.05. The number of aliphatic imine (C=N–C) groups is 1. The van der Waals surface area contributed by atoms with Crippen LogP contribution in [0.3, 0.4) is 0 Å². The van der Waals surface area contributed by atoms with E-state index in [0.717, 1.165) is 12.3 Å². The normalized spacial score (nSPS) is 11.5. The summed E-state index contributed by atoms with van der Waals surface area (Å²) < 4.78 is 24.4. The Morgan fingerprint density at radius 1 is 0.962 bits per heavy atom. The molecule has 26 heavy (non-hydrogen) atoms. The summed E-state index contributed by atoms with van der Waals surface area (Å²) in [5.74, 6) is 1.53. The zero-order chi connectivity index (χ0) is 18.0. The second kappa shape index (κ2) is 12.2. The first-order valence-electron chi connectivity index (χ1n) is 8.02. The van der Waals surface area contributed by atoms with Gasteiger partial charge in [-0.15, -0.1) is 35.7 Å². The fraction of sp³-hybridized carbons (Fsp3) is 0.278. The molecule has 0 heterocycles. The fourth-order valence-corrected chi connectivity index (χ4v) is 4.09. The number of thioether (sulfide) groups is 1. The second-order valence-corrected chi connectivity index (χ2v) is 8.50. The number of hydrogen-bond acceptors (Lipinski definition) is 4. The van der Waals surface area contributed by atoms with Gasteiger partial charge in [0.25, 0.3) is 0 Å². The van der Waals surface area contributed by atoms with Crippen LogP contribution in [0.25, 0.3) is 0 Å². The highest BCUT2D eigenvalue weighted by molar-refractivity contribution is 14.0. The number of halogens is 1. The molecule has 5 nitrogen and oxygen atoms in total. The first-order chi connectivity index (χ1) is 12.1. The molecule has 0 saturated carbocycles. The Hall–Kier alpha value is -1.26. The molecule has 0 saturated heterocycles. The van der Waals surface area contributed by atoms with Crippen molar-refractivity contribution in [1.82, 2.24) is 10.6 Å². The van der Waals surface area contributed by atoms with Gasteiger partial charge in [-0.3, -0.25) is 4.99 Å². The maximum Gasteiger partial charge on any atom is 0.191 e. The van der Waals surface area contributed by atoms with Crippen LogP contribution >= 0.6 is 35.7 Å². The molecule has 0 aliphatic heterocycles. The molecule has 2 rings (SSSR count). The Morgan fingerprint density at radius 2 is 1.54 bits per heavy atom. The van der Waals surface area contributed by atoms with Crippen molar-refractivity contribution in [1.29, 1.82) is 0 Å². The Bertz CT molecular complexity index is 770. The molecule has 0 amide bonds. The molecule has 0 unspecified atom stereocenters. The molecule has 2 aromatic rings. The van der Waals surface area contributed by atoms with E-state index in [0.29, 0.717) is 17.4 Å². The van der Waals surface area contributed by atoms with E-state index in [-0.39, 0.29) is 29.7 Å². The van der Waals surface area contributed by atoms with E-state index in [9.17, 15) is 8.42 Å². The predicted octanol–water partition coefficient (Wildman–Crippen LogP) is 3.04. The van der Waals surface area contributed by atoms with Crippen molar-refractivity contribution in [2.75, 3.05) is 31.6 Å². The zero-order valence-electron chi connectivity index (χ0n) is 14.6. The van der Waals surface area contributed by atoms with Gasteiger partial charge in [-0.1, -0.05) is 36.4 Å². The number of benzene rings is 2. The smallest absolute Gasteiger partial charge is 0.191 e. The minimum Gasteiger partial charge on any atom is -0.356 e. The van der Waals surface area contributed by atoms with Crippen LogP contribution in [0.5, 0.6) is 0 Å². The van der Waals surface area contributed by atoms with Crippen molar-refractivity contribution < 1.29 is 8.42 Å². The van der Waals surface area contributed by atoms with Gasteiger partial charge in [0.15, 0.2) is 15.8 Å². The van der Waals surface area contributed by atoms with Gasteiger partial charge in [0, 0.05) is 30.8 Å². The molecule has 0 aromatic heterocycles. The average Bonchev–Trinajstić information content (AvgIpc) is 2.65. The van der Waals surface area contributed by atoms with Crippen LogP contribution in [-0.4, -0.2) is 46.0 Å². The van der Waals surface area contributed by atoms with E-state index in [1.165, 1.54) is 4.90 Å². The van der Waals surface area contributed by atoms with Crippen molar-refractivity contribution in [3.05, 3.63) is 60.7 Å². The highest BCUT2D eigenvalue weighted by atomic mass is 127. The standard InChI is InChI=1S/C18H23N3O2S2.HI/c1-19-18(20-12-14-24-16-8-4-2-5-9-16)21-13-15-25(22,23)17-10-6-3-7-11-17;/h2-11H,12-15H2,1H3,(H2,19,20,21);1H. The lowest BCUT2D eigenvalue weighted by Gasteiger charge is -2.12. The van der Waals surface area contributed by atoms with E-state index in [2.05, 4.69) is 27.8 Å². The minimum atomic E-state index is -3.27. The van der Waals surface area contributed by atoms with Crippen molar-refractivity contribution >= 4 is 51.5 Å². The third-order valence-electron chi connectivity index (χ3n) is 3.40. The lowest BCUT2D eigenvalue weighted by molar-refractivity contribution is 0.594. The van der Waals surface area contributed by atoms with Crippen LogP contribution in [0.1, 0.15) is 0 Å². The average molecular weight is 505 g/mol. The molecular formula is C18H24IN3O2S2. The highest BCUT2D eigenvalue weighted by Crippen LogP contribution is 2.15. The van der Waals surface area contributed by atoms with E-state index >= 15 is 0 Å². The van der Waals surface area contributed by atoms with Gasteiger partial charge in [-0.05, 0) is 24.3 Å². The molecular weight excluding hydrogens is 481 g/mol. The predicted molar refractivity (Wildman–Crippen MR) is 120 cm³/mol. The van der Waals surface area contributed by atoms with Crippen LogP contribution in [-0.2, 0) is 9.84 Å². The van der Waals surface area contributed by atoms with Crippen LogP contribution in [0.15, 0.2) is 75.4 Å². The summed E-state index contributed by atoms with van der Waals surface area (Å²) in [6.07, 6.45) is 0. The lowest BCUT2D eigenvalue weighted by Crippen LogP contribution is -2.40. The Morgan fingerprint density at radius 3 is 2.15 bits per heavy atom. The van der Waals surface area contributed by atoms with Gasteiger partial charge in [-0.2, -0.15) is 0 Å². The van der Waals surface area contributed by atoms with Gasteiger partial charge in [-0.25, -0.2) is 8.42 Å². The van der Waals surface area contributed by atoms with Crippen LogP contribution in [0.4, 0.5) is 0 Å². The van der Waals surface area contributed by atoms with Crippen molar-refractivity contribution in [3.63, 3.8) is 0 Å². The van der Waals surface area contributed by atoms with E-state index in [4.69, 9.17) is 0 Å². The number of sulfone groups is 1. The molecule has 8 heteroatoms. The molecule has 0 atom stereocenters. The van der Waals surface area contributed by atoms with Crippen molar-refractivity contribution in [3.8, 4) is 0 Å². The summed E-state index contributed by atoms with van der Waals surface area (Å²) in [5.41, 5.74) is 0. The van der Waals surface area contributed by atoms with Gasteiger partial charge in [0.2, 0.25) is 0 Å². The van der Waals surface area contributed by atoms with Crippen LogP contribution < -0.4 is 10.6 Å². The Balaban J connectivity index is 0.00000338. The molecule has 0 aliphatic carbocycles. The first kappa shape index (κ1) is 22.8. The summed E-state index contributed by atoms with van der Waals surface area (Å²) in [7, 11) is -1.60. The molecule has 2 aromatic carbocycles. The molecule has 0 bridgehead atoms. The SMILES string of the molecule is CN=C(NCCSc1ccccc1)NCCS(=O)(=O)c1ccccc1.I. The molecule has 2 N–H and O–H groups in total. The van der Waals surface area contributed by atoms with Gasteiger partial charge in [0.1, 0.15) is 0 Å². The maximum atomic E-state index is 12.2.